The van der Waals surface area contributed by atoms with Crippen molar-refractivity contribution < 1.29 is 9.59 Å². The van der Waals surface area contributed by atoms with Crippen molar-refractivity contribution in [3.05, 3.63) is 35.9 Å². The molecule has 1 atom stereocenters. The Morgan fingerprint density at radius 1 is 1.06 bits per heavy atom. The lowest BCUT2D eigenvalue weighted by molar-refractivity contribution is -0.162. The molecule has 31 heavy (non-hydrogen) atoms. The van der Waals surface area contributed by atoms with Crippen molar-refractivity contribution >= 4 is 11.8 Å². The molecule has 2 aliphatic heterocycles. The number of carbonyl (C=O) groups is 2. The van der Waals surface area contributed by atoms with Gasteiger partial charge in [-0.2, -0.15) is 0 Å². The van der Waals surface area contributed by atoms with E-state index in [-0.39, 0.29) is 17.9 Å². The molecular weight excluding hydrogens is 386 g/mol. The highest BCUT2D eigenvalue weighted by Gasteiger charge is 2.54. The van der Waals surface area contributed by atoms with Crippen LogP contribution in [-0.4, -0.2) is 59.4 Å². The lowest BCUT2D eigenvalue weighted by Gasteiger charge is -2.52. The Morgan fingerprint density at radius 3 is 2.42 bits per heavy atom. The SMILES string of the molecule is CC(C)C[C@@H]1NC(=O)C2(CCN(CCCCc3ccccc3)CC2)N(CC2CC2)C1=O. The minimum atomic E-state index is -0.617. The molecule has 2 amide bonds. The average Bonchev–Trinajstić information content (AvgIpc) is 3.58. The van der Waals surface area contributed by atoms with E-state index >= 15 is 0 Å². The molecule has 0 radical (unpaired) electrons. The molecule has 0 aromatic heterocycles. The predicted molar refractivity (Wildman–Crippen MR) is 124 cm³/mol. The molecule has 1 saturated carbocycles. The van der Waals surface area contributed by atoms with Gasteiger partial charge in [-0.1, -0.05) is 44.2 Å². The van der Waals surface area contributed by atoms with Crippen molar-refractivity contribution in [2.75, 3.05) is 26.2 Å². The molecule has 5 nitrogen and oxygen atoms in total. The number of nitrogens with zero attached hydrogens (tertiary/aromatic N) is 2. The first-order chi connectivity index (χ1) is 15.0. The zero-order valence-electron chi connectivity index (χ0n) is 19.3. The van der Waals surface area contributed by atoms with Gasteiger partial charge in [0.15, 0.2) is 0 Å². The maximum absolute atomic E-state index is 13.4. The van der Waals surface area contributed by atoms with Crippen LogP contribution in [0.5, 0.6) is 0 Å². The Bertz CT molecular complexity index is 751. The van der Waals surface area contributed by atoms with Gasteiger partial charge in [-0.05, 0) is 75.3 Å². The second-order valence-electron chi connectivity index (χ2n) is 10.4. The normalized spacial score (nSPS) is 24.1. The Morgan fingerprint density at radius 2 is 1.77 bits per heavy atom. The van der Waals surface area contributed by atoms with Gasteiger partial charge in [0, 0.05) is 19.6 Å². The van der Waals surface area contributed by atoms with Gasteiger partial charge in [0.25, 0.3) is 0 Å². The fraction of sp³-hybridized carbons (Fsp3) is 0.692. The van der Waals surface area contributed by atoms with Crippen LogP contribution >= 0.6 is 0 Å². The van der Waals surface area contributed by atoms with E-state index in [0.29, 0.717) is 11.8 Å². The summed E-state index contributed by atoms with van der Waals surface area (Å²) < 4.78 is 0. The molecule has 3 fully saturated rings. The summed E-state index contributed by atoms with van der Waals surface area (Å²) >= 11 is 0. The summed E-state index contributed by atoms with van der Waals surface area (Å²) in [5.74, 6) is 1.25. The number of amides is 2. The number of hydrogen-bond acceptors (Lipinski definition) is 3. The number of benzene rings is 1. The van der Waals surface area contributed by atoms with E-state index in [1.54, 1.807) is 0 Å². The second kappa shape index (κ2) is 9.72. The number of piperidine rings is 1. The minimum Gasteiger partial charge on any atom is -0.342 e. The van der Waals surface area contributed by atoms with Gasteiger partial charge in [0.05, 0.1) is 0 Å². The van der Waals surface area contributed by atoms with Crippen molar-refractivity contribution in [2.24, 2.45) is 11.8 Å². The summed E-state index contributed by atoms with van der Waals surface area (Å²) in [5, 5.41) is 3.12. The fourth-order valence-corrected chi connectivity index (χ4v) is 5.28. The van der Waals surface area contributed by atoms with Crippen LogP contribution in [0.2, 0.25) is 0 Å². The van der Waals surface area contributed by atoms with Crippen LogP contribution in [0.1, 0.15) is 64.4 Å². The van der Waals surface area contributed by atoms with Gasteiger partial charge in [0.1, 0.15) is 11.6 Å². The number of unbranched alkanes of at least 4 members (excludes halogenated alkanes) is 1. The summed E-state index contributed by atoms with van der Waals surface area (Å²) in [6, 6.07) is 10.3. The second-order valence-corrected chi connectivity index (χ2v) is 10.4. The van der Waals surface area contributed by atoms with Crippen LogP contribution in [0.15, 0.2) is 30.3 Å². The first-order valence-electron chi connectivity index (χ1n) is 12.4. The molecule has 170 valence electrons. The number of piperazine rings is 1. The highest BCUT2D eigenvalue weighted by Crippen LogP contribution is 2.38. The summed E-state index contributed by atoms with van der Waals surface area (Å²) in [5.41, 5.74) is 0.789. The van der Waals surface area contributed by atoms with E-state index < -0.39 is 5.54 Å². The van der Waals surface area contributed by atoms with E-state index in [0.717, 1.165) is 51.9 Å². The van der Waals surface area contributed by atoms with Crippen molar-refractivity contribution in [2.45, 2.75) is 76.8 Å². The molecule has 2 heterocycles. The van der Waals surface area contributed by atoms with Gasteiger partial charge in [-0.3, -0.25) is 9.59 Å². The third kappa shape index (κ3) is 5.31. The standard InChI is InChI=1S/C26H39N3O2/c1-20(2)18-23-24(30)29(19-22-11-12-22)26(25(31)27-23)13-16-28(17-14-26)15-7-6-10-21-8-4-3-5-9-21/h3-5,8-9,20,22-23H,6-7,10-19H2,1-2H3,(H,27,31)/t23-/m0/s1. The van der Waals surface area contributed by atoms with Crippen LogP contribution in [0.25, 0.3) is 0 Å². The number of rotatable bonds is 9. The number of hydrogen-bond donors (Lipinski definition) is 1. The van der Waals surface area contributed by atoms with Gasteiger partial charge in [-0.15, -0.1) is 0 Å². The van der Waals surface area contributed by atoms with Crippen LogP contribution < -0.4 is 5.32 Å². The number of aryl methyl sites for hydroxylation is 1. The fourth-order valence-electron chi connectivity index (χ4n) is 5.28. The number of likely N-dealkylation sites (tertiary alicyclic amines) is 1. The largest absolute Gasteiger partial charge is 0.342 e. The van der Waals surface area contributed by atoms with E-state index in [9.17, 15) is 9.59 Å². The topological polar surface area (TPSA) is 52.7 Å². The molecule has 3 aliphatic rings. The third-order valence-corrected chi connectivity index (χ3v) is 7.37. The van der Waals surface area contributed by atoms with E-state index in [4.69, 9.17) is 0 Å². The molecule has 1 aromatic carbocycles. The number of carbonyl (C=O) groups excluding carboxylic acids is 2. The van der Waals surface area contributed by atoms with E-state index in [1.807, 2.05) is 4.90 Å². The molecule has 1 aliphatic carbocycles. The Labute approximate surface area is 187 Å². The minimum absolute atomic E-state index is 0.0992. The zero-order chi connectivity index (χ0) is 21.8. The first-order valence-corrected chi connectivity index (χ1v) is 12.4. The first kappa shape index (κ1) is 22.3. The molecule has 2 saturated heterocycles. The maximum atomic E-state index is 13.4. The van der Waals surface area contributed by atoms with Crippen LogP contribution in [0.4, 0.5) is 0 Å². The lowest BCUT2D eigenvalue weighted by atomic mass is 9.80. The van der Waals surface area contributed by atoms with Crippen molar-refractivity contribution in [1.29, 1.82) is 0 Å². The van der Waals surface area contributed by atoms with Gasteiger partial charge in [-0.25, -0.2) is 0 Å². The number of nitrogens with one attached hydrogen (secondary N) is 1. The summed E-state index contributed by atoms with van der Waals surface area (Å²) in [4.78, 5) is 31.2. The van der Waals surface area contributed by atoms with Gasteiger partial charge < -0.3 is 15.1 Å². The zero-order valence-corrected chi connectivity index (χ0v) is 19.3. The molecule has 1 aromatic rings. The van der Waals surface area contributed by atoms with E-state index in [2.05, 4.69) is 54.4 Å². The van der Waals surface area contributed by atoms with Gasteiger partial charge in [0.2, 0.25) is 11.8 Å². The monoisotopic (exact) mass is 425 g/mol. The maximum Gasteiger partial charge on any atom is 0.246 e. The highest BCUT2D eigenvalue weighted by molar-refractivity contribution is 6.00. The molecule has 0 unspecified atom stereocenters. The van der Waals surface area contributed by atoms with Crippen LogP contribution in [0.3, 0.4) is 0 Å². The quantitative estimate of drug-likeness (QED) is 0.615. The molecule has 1 N–H and O–H groups in total. The molecule has 4 rings (SSSR count). The summed E-state index contributed by atoms with van der Waals surface area (Å²) in [6.07, 6.45) is 8.16. The predicted octanol–water partition coefficient (Wildman–Crippen LogP) is 3.63. The average molecular weight is 426 g/mol. The van der Waals surface area contributed by atoms with Crippen LogP contribution in [0, 0.1) is 11.8 Å². The molecule has 1 spiro atoms. The Balaban J connectivity index is 1.32. The highest BCUT2D eigenvalue weighted by atomic mass is 16.2. The van der Waals surface area contributed by atoms with Gasteiger partial charge >= 0.3 is 0 Å². The van der Waals surface area contributed by atoms with Crippen LogP contribution in [-0.2, 0) is 16.0 Å². The van der Waals surface area contributed by atoms with Crippen molar-refractivity contribution in [3.8, 4) is 0 Å². The summed E-state index contributed by atoms with van der Waals surface area (Å²) in [6.45, 7) is 7.90. The lowest BCUT2D eigenvalue weighted by Crippen LogP contribution is -2.73. The molecule has 5 heteroatoms. The Kier molecular flexibility index (Phi) is 7.00. The Hall–Kier alpha value is -1.88. The van der Waals surface area contributed by atoms with E-state index in [1.165, 1.54) is 31.2 Å². The van der Waals surface area contributed by atoms with Crippen molar-refractivity contribution in [3.63, 3.8) is 0 Å². The third-order valence-electron chi connectivity index (χ3n) is 7.37. The molecular formula is C26H39N3O2. The molecule has 0 bridgehead atoms. The summed E-state index contributed by atoms with van der Waals surface area (Å²) in [7, 11) is 0. The van der Waals surface area contributed by atoms with Crippen molar-refractivity contribution in [1.82, 2.24) is 15.1 Å². The smallest absolute Gasteiger partial charge is 0.246 e.